The molecule has 0 aliphatic carbocycles. The summed E-state index contributed by atoms with van der Waals surface area (Å²) >= 11 is 5.68. The smallest absolute Gasteiger partial charge is 0.252 e. The molecule has 0 unspecified atom stereocenters. The zero-order chi connectivity index (χ0) is 14.7. The zero-order valence-electron chi connectivity index (χ0n) is 12.4. The number of rotatable bonds is 5. The van der Waals surface area contributed by atoms with Crippen LogP contribution in [-0.4, -0.2) is 35.4 Å². The Morgan fingerprint density at radius 1 is 1.50 bits per heavy atom. The van der Waals surface area contributed by atoms with E-state index in [1.54, 1.807) is 6.07 Å². The minimum atomic E-state index is -0.405. The van der Waals surface area contributed by atoms with Gasteiger partial charge in [0.15, 0.2) is 0 Å². The second-order valence-electron chi connectivity index (χ2n) is 5.56. The fraction of sp³-hybridized carbons (Fsp3) is 0.562. The van der Waals surface area contributed by atoms with Crippen LogP contribution in [0.2, 0.25) is 0 Å². The third-order valence-corrected chi connectivity index (χ3v) is 4.03. The lowest BCUT2D eigenvalue weighted by molar-refractivity contribution is 0.0915. The quantitative estimate of drug-likeness (QED) is 0.779. The first-order valence-corrected chi connectivity index (χ1v) is 7.62. The maximum Gasteiger partial charge on any atom is 0.252 e. The van der Waals surface area contributed by atoms with Crippen LogP contribution in [-0.2, 0) is 6.42 Å². The van der Waals surface area contributed by atoms with Crippen LogP contribution in [0.15, 0.2) is 18.2 Å². The molecular formula is C16H22ClNO2. The molecule has 110 valence electrons. The van der Waals surface area contributed by atoms with E-state index in [1.807, 2.05) is 12.1 Å². The average Bonchev–Trinajstić information content (AvgIpc) is 2.43. The third-order valence-electron chi connectivity index (χ3n) is 3.83. The summed E-state index contributed by atoms with van der Waals surface area (Å²) in [6.45, 7) is 8.29. The van der Waals surface area contributed by atoms with Gasteiger partial charge in [-0.2, -0.15) is 0 Å². The Bertz CT molecular complexity index is 487. The number of carbonyl (C=O) groups is 1. The summed E-state index contributed by atoms with van der Waals surface area (Å²) < 4.78 is 5.85. The van der Waals surface area contributed by atoms with E-state index < -0.39 is 5.24 Å². The molecule has 3 nitrogen and oxygen atoms in total. The maximum atomic E-state index is 11.5. The highest BCUT2D eigenvalue weighted by molar-refractivity contribution is 6.68. The number of hydrogen-bond donors (Lipinski definition) is 0. The van der Waals surface area contributed by atoms with E-state index >= 15 is 0 Å². The van der Waals surface area contributed by atoms with Crippen LogP contribution < -0.4 is 4.74 Å². The normalized spacial score (nSPS) is 18.0. The summed E-state index contributed by atoms with van der Waals surface area (Å²) in [5.74, 6) is 0.799. The number of fused-ring (bicyclic) bond motifs is 1. The number of carbonyl (C=O) groups excluding carboxylic acids is 1. The average molecular weight is 296 g/mol. The van der Waals surface area contributed by atoms with E-state index in [-0.39, 0.29) is 0 Å². The van der Waals surface area contributed by atoms with Gasteiger partial charge in [-0.1, -0.05) is 13.0 Å². The molecule has 0 bridgehead atoms. The van der Waals surface area contributed by atoms with Crippen molar-refractivity contribution < 1.29 is 9.53 Å². The van der Waals surface area contributed by atoms with E-state index in [9.17, 15) is 4.79 Å². The van der Waals surface area contributed by atoms with Gasteiger partial charge in [0, 0.05) is 23.2 Å². The van der Waals surface area contributed by atoms with Gasteiger partial charge in [-0.3, -0.25) is 9.69 Å². The molecule has 1 heterocycles. The molecule has 2 rings (SSSR count). The maximum absolute atomic E-state index is 11.5. The fourth-order valence-corrected chi connectivity index (χ4v) is 3.09. The third kappa shape index (κ3) is 3.15. The molecule has 0 N–H and O–H groups in total. The minimum absolute atomic E-state index is 0.305. The summed E-state index contributed by atoms with van der Waals surface area (Å²) in [6, 6.07) is 6.28. The molecule has 0 saturated heterocycles. The Balaban J connectivity index is 2.27. The standard InChI is InChI=1S/C16H22ClNO2/c1-4-8-18(11(2)3)12-9-14-13(16(17)19)6-5-7-15(14)20-10-12/h5-7,11-12H,4,8-10H2,1-3H3/t12-/m1/s1. The summed E-state index contributed by atoms with van der Waals surface area (Å²) in [7, 11) is 0. The van der Waals surface area contributed by atoms with Gasteiger partial charge in [-0.05, 0) is 57.0 Å². The van der Waals surface area contributed by atoms with E-state index in [1.165, 1.54) is 0 Å². The number of nitrogens with zero attached hydrogens (tertiary/aromatic N) is 1. The van der Waals surface area contributed by atoms with Crippen molar-refractivity contribution in [3.05, 3.63) is 29.3 Å². The lowest BCUT2D eigenvalue weighted by Crippen LogP contribution is -2.47. The minimum Gasteiger partial charge on any atom is -0.492 e. The second kappa shape index (κ2) is 6.59. The van der Waals surface area contributed by atoms with Crippen molar-refractivity contribution in [1.82, 2.24) is 4.90 Å². The van der Waals surface area contributed by atoms with Crippen molar-refractivity contribution in [2.45, 2.75) is 45.7 Å². The molecule has 20 heavy (non-hydrogen) atoms. The Morgan fingerprint density at radius 3 is 2.85 bits per heavy atom. The van der Waals surface area contributed by atoms with Gasteiger partial charge in [-0.15, -0.1) is 0 Å². The lowest BCUT2D eigenvalue weighted by atomic mass is 9.96. The molecule has 0 saturated carbocycles. The fourth-order valence-electron chi connectivity index (χ4n) is 2.91. The van der Waals surface area contributed by atoms with Gasteiger partial charge in [0.25, 0.3) is 5.24 Å². The molecule has 0 amide bonds. The Hall–Kier alpha value is -1.06. The van der Waals surface area contributed by atoms with Gasteiger partial charge < -0.3 is 4.74 Å². The van der Waals surface area contributed by atoms with Crippen molar-refractivity contribution in [3.63, 3.8) is 0 Å². The number of hydrogen-bond acceptors (Lipinski definition) is 3. The van der Waals surface area contributed by atoms with Crippen LogP contribution >= 0.6 is 11.6 Å². The molecule has 1 aliphatic heterocycles. The largest absolute Gasteiger partial charge is 0.492 e. The van der Waals surface area contributed by atoms with Crippen LogP contribution in [0, 0.1) is 0 Å². The molecule has 0 fully saturated rings. The molecule has 1 aromatic carbocycles. The molecular weight excluding hydrogens is 274 g/mol. The molecule has 0 aromatic heterocycles. The zero-order valence-corrected chi connectivity index (χ0v) is 13.1. The first-order chi connectivity index (χ1) is 9.54. The lowest BCUT2D eigenvalue weighted by Gasteiger charge is -2.38. The molecule has 1 atom stereocenters. The molecule has 1 aliphatic rings. The Morgan fingerprint density at radius 2 is 2.25 bits per heavy atom. The molecule has 1 aromatic rings. The molecule has 4 heteroatoms. The summed E-state index contributed by atoms with van der Waals surface area (Å²) in [5.41, 5.74) is 1.53. The van der Waals surface area contributed by atoms with Crippen LogP contribution in [0.1, 0.15) is 43.1 Å². The van der Waals surface area contributed by atoms with E-state index in [0.717, 1.165) is 30.7 Å². The monoisotopic (exact) mass is 295 g/mol. The van der Waals surface area contributed by atoms with Gasteiger partial charge in [-0.25, -0.2) is 0 Å². The predicted octanol–water partition coefficient (Wildman–Crippen LogP) is 3.49. The summed E-state index contributed by atoms with van der Waals surface area (Å²) in [4.78, 5) is 14.0. The van der Waals surface area contributed by atoms with Crippen LogP contribution in [0.3, 0.4) is 0 Å². The molecule has 0 radical (unpaired) electrons. The van der Waals surface area contributed by atoms with Crippen molar-refractivity contribution in [3.8, 4) is 5.75 Å². The van der Waals surface area contributed by atoms with Gasteiger partial charge in [0.05, 0.1) is 0 Å². The highest BCUT2D eigenvalue weighted by atomic mass is 35.5. The topological polar surface area (TPSA) is 29.5 Å². The van der Waals surface area contributed by atoms with Crippen LogP contribution in [0.4, 0.5) is 0 Å². The van der Waals surface area contributed by atoms with E-state index in [2.05, 4.69) is 25.7 Å². The predicted molar refractivity (Wildman–Crippen MR) is 81.7 cm³/mol. The van der Waals surface area contributed by atoms with Crippen molar-refractivity contribution in [2.24, 2.45) is 0 Å². The Labute approximate surface area is 125 Å². The van der Waals surface area contributed by atoms with Crippen molar-refractivity contribution >= 4 is 16.8 Å². The van der Waals surface area contributed by atoms with E-state index in [0.29, 0.717) is 24.3 Å². The number of ether oxygens (including phenoxy) is 1. The Kier molecular flexibility index (Phi) is 5.06. The van der Waals surface area contributed by atoms with Crippen LogP contribution in [0.5, 0.6) is 5.75 Å². The van der Waals surface area contributed by atoms with Gasteiger partial charge >= 0.3 is 0 Å². The van der Waals surface area contributed by atoms with Crippen molar-refractivity contribution in [2.75, 3.05) is 13.2 Å². The van der Waals surface area contributed by atoms with Crippen LogP contribution in [0.25, 0.3) is 0 Å². The SMILES string of the molecule is CCCN(C(C)C)[C@H]1COc2cccc(C(=O)Cl)c2C1. The van der Waals surface area contributed by atoms with E-state index in [4.69, 9.17) is 16.3 Å². The first-order valence-electron chi connectivity index (χ1n) is 7.24. The van der Waals surface area contributed by atoms with Gasteiger partial charge in [0.1, 0.15) is 12.4 Å². The van der Waals surface area contributed by atoms with Crippen molar-refractivity contribution in [1.29, 1.82) is 0 Å². The second-order valence-corrected chi connectivity index (χ2v) is 5.90. The van der Waals surface area contributed by atoms with Gasteiger partial charge in [0.2, 0.25) is 0 Å². The number of benzene rings is 1. The highest BCUT2D eigenvalue weighted by Crippen LogP contribution is 2.31. The number of halogens is 1. The summed E-state index contributed by atoms with van der Waals surface area (Å²) in [5, 5.41) is -0.405. The highest BCUT2D eigenvalue weighted by Gasteiger charge is 2.29. The molecule has 0 spiro atoms. The summed E-state index contributed by atoms with van der Waals surface area (Å²) in [6.07, 6.45) is 1.93. The first kappa shape index (κ1) is 15.3.